The quantitative estimate of drug-likeness (QED) is 0.307. The number of nitrogens with zero attached hydrogens (tertiary/aromatic N) is 3. The van der Waals surface area contributed by atoms with E-state index in [-0.39, 0.29) is 16.2 Å². The predicted octanol–water partition coefficient (Wildman–Crippen LogP) is 4.28. The first-order valence-corrected chi connectivity index (χ1v) is 12.1. The predicted molar refractivity (Wildman–Crippen MR) is 115 cm³/mol. The molecule has 31 heavy (non-hydrogen) atoms. The normalized spacial score (nSPS) is 17.7. The lowest BCUT2D eigenvalue weighted by molar-refractivity contribution is -0.141. The van der Waals surface area contributed by atoms with E-state index in [4.69, 9.17) is 21.1 Å². The summed E-state index contributed by atoms with van der Waals surface area (Å²) in [4.78, 5) is 9.92. The van der Waals surface area contributed by atoms with Gasteiger partial charge in [0.05, 0.1) is 32.6 Å². The van der Waals surface area contributed by atoms with Crippen molar-refractivity contribution in [2.45, 2.75) is 27.9 Å². The molecular formula is C19H21ClF3N3O3S2. The van der Waals surface area contributed by atoms with Gasteiger partial charge in [0.1, 0.15) is 18.2 Å². The van der Waals surface area contributed by atoms with Gasteiger partial charge in [-0.25, -0.2) is 9.97 Å². The summed E-state index contributed by atoms with van der Waals surface area (Å²) in [5, 5.41) is 0.0686. The van der Waals surface area contributed by atoms with E-state index < -0.39 is 22.7 Å². The van der Waals surface area contributed by atoms with Crippen LogP contribution in [0.2, 0.25) is 5.02 Å². The topological polar surface area (TPSA) is 64.6 Å². The molecule has 6 nitrogen and oxygen atoms in total. The van der Waals surface area contributed by atoms with Gasteiger partial charge in [0, 0.05) is 26.3 Å². The molecule has 2 aromatic rings. The fraction of sp³-hybridized carbons (Fsp3) is 0.474. The smallest absolute Gasteiger partial charge is 0.433 e. The van der Waals surface area contributed by atoms with E-state index in [0.717, 1.165) is 17.8 Å². The summed E-state index contributed by atoms with van der Waals surface area (Å²) in [5.74, 6) is 0.722. The van der Waals surface area contributed by atoms with Gasteiger partial charge in [-0.15, -0.1) is 0 Å². The van der Waals surface area contributed by atoms with Gasteiger partial charge in [-0.2, -0.15) is 13.2 Å². The molecule has 2 atom stereocenters. The summed E-state index contributed by atoms with van der Waals surface area (Å²) < 4.78 is 63.0. The molecule has 170 valence electrons. The largest absolute Gasteiger partial charge is 0.491 e. The molecular weight excluding hydrogens is 475 g/mol. The molecule has 1 aliphatic heterocycles. The fourth-order valence-electron chi connectivity index (χ4n) is 3.08. The maximum absolute atomic E-state index is 13.2. The first-order chi connectivity index (χ1) is 14.7. The van der Waals surface area contributed by atoms with Gasteiger partial charge in [-0.1, -0.05) is 23.4 Å². The van der Waals surface area contributed by atoms with E-state index in [9.17, 15) is 17.4 Å². The van der Waals surface area contributed by atoms with Crippen LogP contribution in [-0.2, 0) is 21.7 Å². The Morgan fingerprint density at radius 2 is 2.06 bits per heavy atom. The van der Waals surface area contributed by atoms with Crippen LogP contribution in [0.1, 0.15) is 12.1 Å². The van der Waals surface area contributed by atoms with E-state index in [1.54, 1.807) is 36.5 Å². The number of halogens is 4. The number of benzene rings is 1. The van der Waals surface area contributed by atoms with Gasteiger partial charge in [-0.05, 0) is 30.9 Å². The Hall–Kier alpha value is -1.56. The maximum Gasteiger partial charge on any atom is 0.433 e. The van der Waals surface area contributed by atoms with Gasteiger partial charge < -0.3 is 14.4 Å². The molecule has 1 aromatic carbocycles. The lowest BCUT2D eigenvalue weighted by atomic mass is 10.3. The van der Waals surface area contributed by atoms with E-state index >= 15 is 0 Å². The molecule has 0 bridgehead atoms. The zero-order valence-corrected chi connectivity index (χ0v) is 19.2. The molecule has 1 aromatic heterocycles. The van der Waals surface area contributed by atoms with E-state index in [1.165, 1.54) is 0 Å². The minimum atomic E-state index is -4.56. The van der Waals surface area contributed by atoms with Gasteiger partial charge in [0.15, 0.2) is 10.9 Å². The van der Waals surface area contributed by atoms with Crippen molar-refractivity contribution < 1.29 is 26.9 Å². The Kier molecular flexibility index (Phi) is 8.06. The number of thioether (sulfide) groups is 1. The van der Waals surface area contributed by atoms with Crippen molar-refractivity contribution in [1.29, 1.82) is 0 Å². The van der Waals surface area contributed by atoms with Gasteiger partial charge in [0.2, 0.25) is 0 Å². The van der Waals surface area contributed by atoms with Crippen molar-refractivity contribution >= 4 is 40.0 Å². The molecule has 0 aliphatic carbocycles. The van der Waals surface area contributed by atoms with E-state index in [1.807, 2.05) is 0 Å². The van der Waals surface area contributed by atoms with E-state index in [0.29, 0.717) is 48.4 Å². The summed E-state index contributed by atoms with van der Waals surface area (Å²) in [6, 6.07) is 5.87. The Labute approximate surface area is 189 Å². The van der Waals surface area contributed by atoms with Gasteiger partial charge >= 0.3 is 6.18 Å². The number of anilines is 1. The lowest BCUT2D eigenvalue weighted by Crippen LogP contribution is -2.25. The minimum absolute atomic E-state index is 0.0431. The molecule has 1 saturated heterocycles. The molecule has 2 heterocycles. The molecule has 0 radical (unpaired) electrons. The van der Waals surface area contributed by atoms with Crippen LogP contribution in [0.25, 0.3) is 0 Å². The average molecular weight is 496 g/mol. The summed E-state index contributed by atoms with van der Waals surface area (Å²) in [6.45, 7) is 1.54. The van der Waals surface area contributed by atoms with Crippen molar-refractivity contribution in [3.8, 4) is 5.75 Å². The van der Waals surface area contributed by atoms with Crippen molar-refractivity contribution in [2.75, 3.05) is 44.6 Å². The second-order valence-corrected chi connectivity index (χ2v) is 9.57. The number of hydrogen-bond acceptors (Lipinski definition) is 7. The highest BCUT2D eigenvalue weighted by atomic mass is 35.5. The highest BCUT2D eigenvalue weighted by Gasteiger charge is 2.36. The molecule has 0 N–H and O–H groups in total. The molecule has 1 aliphatic rings. The van der Waals surface area contributed by atoms with Crippen LogP contribution < -0.4 is 9.64 Å². The SMILES string of the molecule is COCCOc1ccc(S(=O)C2CCN(c3cc(C(F)(F)F)nc(SC)n3)C2)c(Cl)c1. The minimum Gasteiger partial charge on any atom is -0.491 e. The number of aromatic nitrogens is 2. The summed E-state index contributed by atoms with van der Waals surface area (Å²) in [7, 11) is 0.136. The third kappa shape index (κ3) is 6.03. The molecule has 0 saturated carbocycles. The van der Waals surface area contributed by atoms with Crippen molar-refractivity contribution in [3.05, 3.63) is 35.0 Å². The number of alkyl halides is 3. The van der Waals surface area contributed by atoms with Crippen LogP contribution in [0.5, 0.6) is 5.75 Å². The second kappa shape index (κ2) is 10.4. The number of rotatable bonds is 8. The fourth-order valence-corrected chi connectivity index (χ4v) is 5.30. The zero-order valence-electron chi connectivity index (χ0n) is 16.8. The van der Waals surface area contributed by atoms with Crippen molar-refractivity contribution in [3.63, 3.8) is 0 Å². The molecule has 0 spiro atoms. The Morgan fingerprint density at radius 1 is 1.29 bits per heavy atom. The summed E-state index contributed by atoms with van der Waals surface area (Å²) in [5.41, 5.74) is -0.987. The molecule has 0 amide bonds. The van der Waals surface area contributed by atoms with Crippen LogP contribution in [0, 0.1) is 0 Å². The van der Waals surface area contributed by atoms with Crippen LogP contribution in [0.4, 0.5) is 19.0 Å². The number of ether oxygens (including phenoxy) is 2. The second-order valence-electron chi connectivity index (χ2n) is 6.68. The zero-order chi connectivity index (χ0) is 22.6. The van der Waals surface area contributed by atoms with Crippen LogP contribution in [0.3, 0.4) is 0 Å². The number of methoxy groups -OCH3 is 1. The standard InChI is InChI=1S/C19H21ClF3N3O3S2/c1-28-7-8-29-12-3-4-15(14(20)9-12)31(27)13-5-6-26(11-13)17-10-16(19(21,22)23)24-18(25-17)30-2/h3-4,9-10,13H,5-8,11H2,1-2H3. The van der Waals surface area contributed by atoms with Crippen molar-refractivity contribution in [1.82, 2.24) is 9.97 Å². The van der Waals surface area contributed by atoms with Gasteiger partial charge in [0.25, 0.3) is 0 Å². The monoisotopic (exact) mass is 495 g/mol. The third-order valence-corrected chi connectivity index (χ3v) is 7.37. The van der Waals surface area contributed by atoms with Gasteiger partial charge in [-0.3, -0.25) is 4.21 Å². The van der Waals surface area contributed by atoms with Crippen LogP contribution in [-0.4, -0.2) is 59.1 Å². The Bertz CT molecular complexity index is 949. The lowest BCUT2D eigenvalue weighted by Gasteiger charge is -2.19. The highest BCUT2D eigenvalue weighted by Crippen LogP contribution is 2.34. The Morgan fingerprint density at radius 3 is 2.71 bits per heavy atom. The molecule has 2 unspecified atom stereocenters. The number of hydrogen-bond donors (Lipinski definition) is 0. The average Bonchev–Trinajstić information content (AvgIpc) is 3.23. The highest BCUT2D eigenvalue weighted by molar-refractivity contribution is 7.98. The molecule has 12 heteroatoms. The summed E-state index contributed by atoms with van der Waals surface area (Å²) in [6.07, 6.45) is -2.41. The van der Waals surface area contributed by atoms with E-state index in [2.05, 4.69) is 9.97 Å². The molecule has 3 rings (SSSR count). The summed E-state index contributed by atoms with van der Waals surface area (Å²) >= 11 is 7.35. The van der Waals surface area contributed by atoms with Crippen LogP contribution in [0.15, 0.2) is 34.3 Å². The van der Waals surface area contributed by atoms with Crippen LogP contribution >= 0.6 is 23.4 Å². The first-order valence-electron chi connectivity index (χ1n) is 9.30. The Balaban J connectivity index is 1.73. The molecule has 1 fully saturated rings. The maximum atomic E-state index is 13.2. The van der Waals surface area contributed by atoms with Crippen molar-refractivity contribution in [2.24, 2.45) is 0 Å². The third-order valence-electron chi connectivity index (χ3n) is 4.61. The first kappa shape index (κ1) is 24.1.